The average Bonchev–Trinajstić information content (AvgIpc) is 2.61. The summed E-state index contributed by atoms with van der Waals surface area (Å²) in [5.41, 5.74) is 5.40. The lowest BCUT2D eigenvalue weighted by molar-refractivity contribution is 1.06. The predicted molar refractivity (Wildman–Crippen MR) is 104 cm³/mol. The maximum Gasteiger partial charge on any atom is 0.227 e. The molecule has 0 spiro atoms. The Balaban J connectivity index is 1.56. The number of hydrogen-bond donors (Lipinski definition) is 2. The van der Waals surface area contributed by atoms with Crippen molar-refractivity contribution in [2.24, 2.45) is 0 Å². The van der Waals surface area contributed by atoms with E-state index >= 15 is 0 Å². The molecule has 4 rings (SSSR count). The molecule has 128 valence electrons. The van der Waals surface area contributed by atoms with E-state index < -0.39 is 0 Å². The van der Waals surface area contributed by atoms with Gasteiger partial charge in [0, 0.05) is 22.8 Å². The van der Waals surface area contributed by atoms with Crippen molar-refractivity contribution in [2.45, 2.75) is 13.8 Å². The molecule has 0 amide bonds. The number of hydrogen-bond acceptors (Lipinski definition) is 6. The minimum Gasteiger partial charge on any atom is -0.339 e. The van der Waals surface area contributed by atoms with Crippen molar-refractivity contribution in [1.29, 1.82) is 0 Å². The number of aromatic nitrogens is 4. The highest BCUT2D eigenvalue weighted by molar-refractivity contribution is 5.76. The van der Waals surface area contributed by atoms with E-state index in [1.807, 2.05) is 68.4 Å². The number of nitrogens with zero attached hydrogens (tertiary/aromatic N) is 4. The fourth-order valence-electron chi connectivity index (χ4n) is 2.75. The third-order valence-electron chi connectivity index (χ3n) is 3.82. The molecule has 0 fully saturated rings. The van der Waals surface area contributed by atoms with Gasteiger partial charge in [0.25, 0.3) is 0 Å². The van der Waals surface area contributed by atoms with Crippen molar-refractivity contribution in [3.05, 3.63) is 72.2 Å². The molecule has 0 aliphatic rings. The van der Waals surface area contributed by atoms with Crippen molar-refractivity contribution >= 4 is 34.2 Å². The van der Waals surface area contributed by atoms with E-state index in [-0.39, 0.29) is 0 Å². The maximum absolute atomic E-state index is 4.59. The Kier molecular flexibility index (Phi) is 4.15. The first-order chi connectivity index (χ1) is 12.7. The third-order valence-corrected chi connectivity index (χ3v) is 3.82. The first-order valence-electron chi connectivity index (χ1n) is 8.34. The normalized spacial score (nSPS) is 10.7. The van der Waals surface area contributed by atoms with Crippen molar-refractivity contribution in [2.75, 3.05) is 10.6 Å². The smallest absolute Gasteiger partial charge is 0.227 e. The van der Waals surface area contributed by atoms with Crippen LogP contribution in [0.15, 0.2) is 60.8 Å². The first-order valence-corrected chi connectivity index (χ1v) is 8.34. The van der Waals surface area contributed by atoms with Gasteiger partial charge in [0.2, 0.25) is 5.95 Å². The van der Waals surface area contributed by atoms with E-state index in [2.05, 4.69) is 30.6 Å². The molecule has 0 saturated heterocycles. The van der Waals surface area contributed by atoms with Gasteiger partial charge in [-0.1, -0.05) is 18.2 Å². The van der Waals surface area contributed by atoms with Gasteiger partial charge in [-0.25, -0.2) is 15.0 Å². The number of para-hydroxylation sites is 2. The molecule has 2 N–H and O–H groups in total. The quantitative estimate of drug-likeness (QED) is 0.568. The van der Waals surface area contributed by atoms with Gasteiger partial charge in [-0.15, -0.1) is 0 Å². The minimum absolute atomic E-state index is 0.588. The lowest BCUT2D eigenvalue weighted by atomic mass is 10.2. The second-order valence-electron chi connectivity index (χ2n) is 6.05. The van der Waals surface area contributed by atoms with Crippen molar-refractivity contribution in [3.63, 3.8) is 0 Å². The van der Waals surface area contributed by atoms with Gasteiger partial charge in [0.1, 0.15) is 5.82 Å². The number of rotatable bonds is 4. The number of fused-ring (bicyclic) bond motifs is 1. The van der Waals surface area contributed by atoms with Crippen LogP contribution in [-0.2, 0) is 0 Å². The number of anilines is 4. The van der Waals surface area contributed by atoms with Crippen LogP contribution < -0.4 is 10.6 Å². The molecule has 6 nitrogen and oxygen atoms in total. The molecule has 4 aromatic rings. The summed E-state index contributed by atoms with van der Waals surface area (Å²) < 4.78 is 0. The molecule has 2 heterocycles. The lowest BCUT2D eigenvalue weighted by Gasteiger charge is -2.10. The van der Waals surface area contributed by atoms with Crippen molar-refractivity contribution < 1.29 is 0 Å². The first kappa shape index (κ1) is 16.0. The van der Waals surface area contributed by atoms with Gasteiger partial charge >= 0.3 is 0 Å². The Labute approximate surface area is 151 Å². The van der Waals surface area contributed by atoms with Crippen LogP contribution in [-0.4, -0.2) is 19.9 Å². The van der Waals surface area contributed by atoms with E-state index in [1.54, 1.807) is 6.20 Å². The summed E-state index contributed by atoms with van der Waals surface area (Å²) in [6.07, 6.45) is 1.73. The Hall–Kier alpha value is -3.54. The summed E-state index contributed by atoms with van der Waals surface area (Å²) in [7, 11) is 0. The van der Waals surface area contributed by atoms with Crippen LogP contribution in [0, 0.1) is 13.8 Å². The van der Waals surface area contributed by atoms with Crippen LogP contribution in [0.1, 0.15) is 11.4 Å². The number of aryl methyl sites for hydroxylation is 2. The van der Waals surface area contributed by atoms with E-state index in [1.165, 1.54) is 0 Å². The summed E-state index contributed by atoms with van der Waals surface area (Å²) in [4.78, 5) is 17.8. The molecule has 6 heteroatoms. The molecule has 0 aliphatic heterocycles. The molecular weight excluding hydrogens is 324 g/mol. The second kappa shape index (κ2) is 6.76. The molecule has 0 aliphatic carbocycles. The van der Waals surface area contributed by atoms with E-state index in [9.17, 15) is 0 Å². The molecule has 0 saturated carbocycles. The molecule has 0 bridgehead atoms. The van der Waals surface area contributed by atoms with Gasteiger partial charge in [-0.05, 0) is 50.2 Å². The molecule has 2 aromatic heterocycles. The zero-order chi connectivity index (χ0) is 17.9. The maximum atomic E-state index is 4.59. The van der Waals surface area contributed by atoms with Crippen LogP contribution >= 0.6 is 0 Å². The van der Waals surface area contributed by atoms with Gasteiger partial charge in [0.05, 0.1) is 17.2 Å². The topological polar surface area (TPSA) is 75.6 Å². The largest absolute Gasteiger partial charge is 0.339 e. The van der Waals surface area contributed by atoms with Gasteiger partial charge in [-0.2, -0.15) is 0 Å². The molecular formula is C20H18N6. The summed E-state index contributed by atoms with van der Waals surface area (Å²) in [6.45, 7) is 3.91. The molecule has 0 atom stereocenters. The van der Waals surface area contributed by atoms with Gasteiger partial charge < -0.3 is 10.6 Å². The zero-order valence-electron chi connectivity index (χ0n) is 14.6. The fraction of sp³-hybridized carbons (Fsp3) is 0.100. The van der Waals surface area contributed by atoms with Gasteiger partial charge in [0.15, 0.2) is 0 Å². The average molecular weight is 342 g/mol. The van der Waals surface area contributed by atoms with E-state index in [0.717, 1.165) is 33.8 Å². The van der Waals surface area contributed by atoms with Crippen LogP contribution in [0.4, 0.5) is 23.1 Å². The zero-order valence-corrected chi connectivity index (χ0v) is 14.6. The Bertz CT molecular complexity index is 1060. The number of nitrogens with one attached hydrogen (secondary N) is 2. The third kappa shape index (κ3) is 3.59. The SMILES string of the molecule is Cc1cc(C)nc(Nc2cccc(Nc3cnc4ccccc4n3)c2)n1. The highest BCUT2D eigenvalue weighted by atomic mass is 15.1. The van der Waals surface area contributed by atoms with E-state index in [0.29, 0.717) is 11.8 Å². The molecule has 2 aromatic carbocycles. The Morgan fingerprint density at radius 2 is 1.38 bits per heavy atom. The minimum atomic E-state index is 0.588. The summed E-state index contributed by atoms with van der Waals surface area (Å²) in [5.74, 6) is 1.29. The van der Waals surface area contributed by atoms with Crippen LogP contribution in [0.3, 0.4) is 0 Å². The summed E-state index contributed by atoms with van der Waals surface area (Å²) >= 11 is 0. The predicted octanol–water partition coefficient (Wildman–Crippen LogP) is 4.52. The highest BCUT2D eigenvalue weighted by Crippen LogP contribution is 2.22. The molecule has 0 radical (unpaired) electrons. The highest BCUT2D eigenvalue weighted by Gasteiger charge is 2.03. The Morgan fingerprint density at radius 3 is 2.15 bits per heavy atom. The molecule has 0 unspecified atom stereocenters. The van der Waals surface area contributed by atoms with Gasteiger partial charge in [-0.3, -0.25) is 4.98 Å². The summed E-state index contributed by atoms with van der Waals surface area (Å²) in [5, 5.41) is 6.53. The number of benzene rings is 2. The monoisotopic (exact) mass is 342 g/mol. The van der Waals surface area contributed by atoms with Crippen LogP contribution in [0.5, 0.6) is 0 Å². The van der Waals surface area contributed by atoms with Crippen LogP contribution in [0.25, 0.3) is 11.0 Å². The second-order valence-corrected chi connectivity index (χ2v) is 6.05. The standard InChI is InChI=1S/C20H18N6/c1-13-10-14(2)23-20(22-13)25-16-7-5-6-15(11-16)24-19-12-21-17-8-3-4-9-18(17)26-19/h3-12H,1-2H3,(H,24,26)(H,22,23,25). The summed E-state index contributed by atoms with van der Waals surface area (Å²) in [6, 6.07) is 17.6. The fourth-order valence-corrected chi connectivity index (χ4v) is 2.75. The van der Waals surface area contributed by atoms with E-state index in [4.69, 9.17) is 0 Å². The van der Waals surface area contributed by atoms with Crippen molar-refractivity contribution in [1.82, 2.24) is 19.9 Å². The Morgan fingerprint density at radius 1 is 0.692 bits per heavy atom. The lowest BCUT2D eigenvalue weighted by Crippen LogP contribution is -2.01. The van der Waals surface area contributed by atoms with Crippen LogP contribution in [0.2, 0.25) is 0 Å². The molecule has 26 heavy (non-hydrogen) atoms. The van der Waals surface area contributed by atoms with Crippen molar-refractivity contribution in [3.8, 4) is 0 Å².